The van der Waals surface area contributed by atoms with Crippen LogP contribution >= 0.6 is 0 Å². The number of likely N-dealkylation sites (tertiary alicyclic amines) is 1. The smallest absolute Gasteiger partial charge is 0.416 e. The number of ether oxygens (including phenoxy) is 1. The van der Waals surface area contributed by atoms with E-state index >= 15 is 0 Å². The highest BCUT2D eigenvalue weighted by Gasteiger charge is 2.33. The second-order valence-corrected chi connectivity index (χ2v) is 18.9. The van der Waals surface area contributed by atoms with Gasteiger partial charge in [0.1, 0.15) is 23.1 Å². The average Bonchev–Trinajstić information content (AvgIpc) is 3.78. The molecule has 5 N–H and O–H groups in total. The molecule has 3 aliphatic heterocycles. The number of carbonyl (C=O) groups excluding carboxylic acids is 6. The number of halogens is 3. The molecule has 2 aromatic carbocycles. The Labute approximate surface area is 412 Å². The molecule has 1 saturated carbocycles. The highest BCUT2D eigenvalue weighted by molar-refractivity contribution is 6.06. The summed E-state index contributed by atoms with van der Waals surface area (Å²) in [5.74, 6) is -1.36. The van der Waals surface area contributed by atoms with E-state index in [9.17, 15) is 41.9 Å². The number of anilines is 2. The Balaban J connectivity index is 0.822. The number of hydrogen-bond acceptors (Lipinski definition) is 11. The summed E-state index contributed by atoms with van der Waals surface area (Å²) in [5, 5.41) is 13.7. The van der Waals surface area contributed by atoms with Gasteiger partial charge < -0.3 is 30.9 Å². The number of carbonyl (C=O) groups is 6. The summed E-state index contributed by atoms with van der Waals surface area (Å²) in [6.45, 7) is 1.19. The largest absolute Gasteiger partial charge is 0.484 e. The van der Waals surface area contributed by atoms with Crippen molar-refractivity contribution in [2.45, 2.75) is 94.8 Å². The number of aromatic nitrogens is 4. The van der Waals surface area contributed by atoms with Gasteiger partial charge in [-0.3, -0.25) is 38.8 Å². The Kier molecular flexibility index (Phi) is 14.7. The molecule has 5 aromatic rings. The van der Waals surface area contributed by atoms with Gasteiger partial charge in [0.2, 0.25) is 23.6 Å². The van der Waals surface area contributed by atoms with Gasteiger partial charge in [0.05, 0.1) is 35.0 Å². The first kappa shape index (κ1) is 49.3. The van der Waals surface area contributed by atoms with Gasteiger partial charge in [0.25, 0.3) is 11.8 Å². The highest BCUT2D eigenvalue weighted by Crippen LogP contribution is 2.39. The molecule has 4 aliphatic rings. The molecule has 1 aliphatic carbocycles. The number of alkyl halides is 3. The van der Waals surface area contributed by atoms with Crippen molar-refractivity contribution in [3.05, 3.63) is 101 Å². The Morgan fingerprint density at radius 1 is 0.875 bits per heavy atom. The molecule has 1 unspecified atom stereocenters. The number of nitrogens with two attached hydrogens (primary N) is 1. The molecule has 72 heavy (non-hydrogen) atoms. The van der Waals surface area contributed by atoms with E-state index in [0.29, 0.717) is 67.7 Å². The molecule has 2 saturated heterocycles. The number of nitrogens with zero attached hydrogens (tertiary/aromatic N) is 6. The number of benzene rings is 2. The quantitative estimate of drug-likeness (QED) is 0.106. The van der Waals surface area contributed by atoms with Crippen LogP contribution in [0.1, 0.15) is 110 Å². The van der Waals surface area contributed by atoms with Crippen LogP contribution in [0.3, 0.4) is 0 Å². The molecule has 0 radical (unpaired) electrons. The third-order valence-electron chi connectivity index (χ3n) is 14.1. The third kappa shape index (κ3) is 11.4. The standard InChI is InChI=1S/C52H55F3N10O7/c53-52(54,55)36-19-22-57-41(26-36)60-50(70)34-10-8-33(9-11-34)47-46-48-35(28-58-49(46)56)4-1-2-23-64(29-43(67)59-37-5-3-6-38(27-37)65(48)62-47)44(68)18-7-31-20-24-63(25-21-31)45(69)30-72-39-14-12-32(13-15-39)40-16-17-42(66)61-51(40)71/h1,4,8-15,19,22,26,28,31,37-38,40H,2-3,5-7,16-18,20-21,23-25,27,29-30H2,(H2,56,58)(H,59,67)(H,57,60,70)(H,61,66,71)/b4-1+/t37-,38-,40?/m1/s1. The number of amides is 6. The Bertz CT molecular complexity index is 2900. The van der Waals surface area contributed by atoms with Gasteiger partial charge in [-0.05, 0) is 106 Å². The fourth-order valence-corrected chi connectivity index (χ4v) is 10.1. The number of hydrogen-bond donors (Lipinski definition) is 4. The summed E-state index contributed by atoms with van der Waals surface area (Å²) in [6, 6.07) is 14.8. The minimum Gasteiger partial charge on any atom is -0.484 e. The third-order valence-corrected chi connectivity index (χ3v) is 14.1. The van der Waals surface area contributed by atoms with Crippen LogP contribution in [0.5, 0.6) is 5.75 Å². The molecule has 3 aromatic heterocycles. The first-order chi connectivity index (χ1) is 34.7. The molecule has 376 valence electrons. The van der Waals surface area contributed by atoms with Gasteiger partial charge in [0, 0.05) is 67.6 Å². The van der Waals surface area contributed by atoms with E-state index in [2.05, 4.69) is 25.9 Å². The molecular weight excluding hydrogens is 934 g/mol. The number of piperidine rings is 2. The predicted molar refractivity (Wildman–Crippen MR) is 260 cm³/mol. The van der Waals surface area contributed by atoms with Crippen molar-refractivity contribution in [2.75, 3.05) is 43.8 Å². The van der Waals surface area contributed by atoms with Crippen molar-refractivity contribution < 1.29 is 46.7 Å². The van der Waals surface area contributed by atoms with Crippen LogP contribution < -0.4 is 26.4 Å². The fraction of sp³-hybridized carbons (Fsp3) is 0.404. The van der Waals surface area contributed by atoms with Crippen LogP contribution in [0.25, 0.3) is 28.2 Å². The lowest BCUT2D eigenvalue weighted by molar-refractivity contribution is -0.138. The topological polar surface area (TPSA) is 224 Å². The summed E-state index contributed by atoms with van der Waals surface area (Å²) in [5.41, 5.74) is 9.32. The summed E-state index contributed by atoms with van der Waals surface area (Å²) < 4.78 is 47.6. The van der Waals surface area contributed by atoms with Crippen LogP contribution in [0.2, 0.25) is 0 Å². The number of pyridine rings is 2. The molecule has 0 spiro atoms. The first-order valence-corrected chi connectivity index (χ1v) is 24.4. The number of imide groups is 1. The van der Waals surface area contributed by atoms with Gasteiger partial charge in [-0.15, -0.1) is 0 Å². The van der Waals surface area contributed by atoms with Crippen molar-refractivity contribution in [2.24, 2.45) is 5.92 Å². The maximum absolute atomic E-state index is 13.9. The van der Waals surface area contributed by atoms with E-state index in [1.807, 2.05) is 16.8 Å². The van der Waals surface area contributed by atoms with E-state index in [0.717, 1.165) is 67.1 Å². The van der Waals surface area contributed by atoms with Crippen LogP contribution in [-0.4, -0.2) is 104 Å². The first-order valence-electron chi connectivity index (χ1n) is 24.4. The van der Waals surface area contributed by atoms with Gasteiger partial charge >= 0.3 is 6.18 Å². The number of fused-ring (bicyclic) bond motifs is 3. The lowest BCUT2D eigenvalue weighted by Crippen LogP contribution is -2.46. The van der Waals surface area contributed by atoms with E-state index in [1.165, 1.54) is 0 Å². The van der Waals surface area contributed by atoms with Crippen LogP contribution in [-0.2, 0) is 30.1 Å². The highest BCUT2D eigenvalue weighted by atomic mass is 19.4. The van der Waals surface area contributed by atoms with Crippen LogP contribution in [0.4, 0.5) is 24.8 Å². The molecule has 6 heterocycles. The van der Waals surface area contributed by atoms with Gasteiger partial charge in [-0.1, -0.05) is 36.4 Å². The van der Waals surface area contributed by atoms with E-state index in [1.54, 1.807) is 64.5 Å². The van der Waals surface area contributed by atoms with Crippen molar-refractivity contribution in [1.29, 1.82) is 0 Å². The summed E-state index contributed by atoms with van der Waals surface area (Å²) in [4.78, 5) is 89.3. The number of rotatable bonds is 10. The normalized spacial score (nSPS) is 20.5. The molecule has 3 atom stereocenters. The molecular formula is C52H55F3N10O7. The summed E-state index contributed by atoms with van der Waals surface area (Å²) >= 11 is 0. The fourth-order valence-electron chi connectivity index (χ4n) is 10.1. The van der Waals surface area contributed by atoms with Gasteiger partial charge in [0.15, 0.2) is 6.61 Å². The monoisotopic (exact) mass is 988 g/mol. The van der Waals surface area contributed by atoms with Gasteiger partial charge in [-0.2, -0.15) is 18.3 Å². The van der Waals surface area contributed by atoms with Crippen molar-refractivity contribution in [1.82, 2.24) is 40.2 Å². The second-order valence-electron chi connectivity index (χ2n) is 18.9. The lowest BCUT2D eigenvalue weighted by Gasteiger charge is -2.33. The number of nitrogen functional groups attached to an aromatic ring is 1. The van der Waals surface area contributed by atoms with Crippen molar-refractivity contribution in [3.63, 3.8) is 0 Å². The Morgan fingerprint density at radius 3 is 2.40 bits per heavy atom. The van der Waals surface area contributed by atoms with Gasteiger partial charge in [-0.25, -0.2) is 9.97 Å². The summed E-state index contributed by atoms with van der Waals surface area (Å²) in [6.07, 6.45) is 8.44. The second kappa shape index (κ2) is 21.4. The number of nitrogens with one attached hydrogen (secondary N) is 3. The Hall–Kier alpha value is -7.64. The Morgan fingerprint density at radius 2 is 1.65 bits per heavy atom. The minimum absolute atomic E-state index is 0.0737. The average molecular weight is 989 g/mol. The molecule has 9 rings (SSSR count). The molecule has 6 amide bonds. The zero-order chi connectivity index (χ0) is 50.5. The molecule has 3 fully saturated rings. The van der Waals surface area contributed by atoms with E-state index in [-0.39, 0.29) is 90.7 Å². The zero-order valence-electron chi connectivity index (χ0n) is 39.5. The lowest BCUT2D eigenvalue weighted by atomic mass is 9.90. The molecule has 2 bridgehead atoms. The van der Waals surface area contributed by atoms with Crippen LogP contribution in [0, 0.1) is 5.92 Å². The zero-order valence-corrected chi connectivity index (χ0v) is 39.5. The maximum Gasteiger partial charge on any atom is 0.416 e. The molecule has 20 heteroatoms. The minimum atomic E-state index is -4.60. The maximum atomic E-state index is 13.9. The van der Waals surface area contributed by atoms with E-state index < -0.39 is 23.6 Å². The van der Waals surface area contributed by atoms with E-state index in [4.69, 9.17) is 15.6 Å². The van der Waals surface area contributed by atoms with Crippen LogP contribution in [0.15, 0.2) is 79.1 Å². The SMILES string of the molecule is Nc1ncc2c3c1c(-c1ccc(C(=O)Nc4cc(C(F)(F)F)ccn4)cc1)nn3[C@@H]1CCC[C@H](C1)NC(=O)CN(C(=O)CCC1CCN(C(=O)COc3ccc(C4CCC(=O)NC4=O)cc3)CC1)CC/C=C/2. The van der Waals surface area contributed by atoms with Crippen molar-refractivity contribution >= 4 is 64.1 Å². The van der Waals surface area contributed by atoms with Crippen molar-refractivity contribution in [3.8, 4) is 17.0 Å². The summed E-state index contributed by atoms with van der Waals surface area (Å²) in [7, 11) is 0. The molecule has 17 nitrogen and oxygen atoms in total. The predicted octanol–water partition coefficient (Wildman–Crippen LogP) is 6.81.